The van der Waals surface area contributed by atoms with Crippen LogP contribution >= 0.6 is 0 Å². The lowest BCUT2D eigenvalue weighted by Gasteiger charge is -2.57. The first-order chi connectivity index (χ1) is 19.9. The molecule has 5 fully saturated rings. The van der Waals surface area contributed by atoms with Gasteiger partial charge in [-0.15, -0.1) is 0 Å². The first-order valence-electron chi connectivity index (χ1n) is 16.0. The lowest BCUT2D eigenvalue weighted by Crippen LogP contribution is -2.61. The van der Waals surface area contributed by atoms with Gasteiger partial charge in [0, 0.05) is 24.6 Å². The van der Waals surface area contributed by atoms with Gasteiger partial charge in [0.05, 0.1) is 25.9 Å². The highest BCUT2D eigenvalue weighted by Gasteiger charge is 2.60. The van der Waals surface area contributed by atoms with Crippen LogP contribution in [0.4, 0.5) is 0 Å². The van der Waals surface area contributed by atoms with Crippen LogP contribution in [0.1, 0.15) is 84.6 Å². The maximum atomic E-state index is 14.3. The number of esters is 1. The number of piperidine rings is 1. The Morgan fingerprint density at radius 1 is 1.02 bits per heavy atom. The second-order valence-corrected chi connectivity index (χ2v) is 15.3. The van der Waals surface area contributed by atoms with Gasteiger partial charge in [0.25, 0.3) is 0 Å². The fourth-order valence-corrected chi connectivity index (χ4v) is 9.46. The average Bonchev–Trinajstić information content (AvgIpc) is 2.93. The third kappa shape index (κ3) is 5.20. The van der Waals surface area contributed by atoms with E-state index in [-0.39, 0.29) is 41.6 Å². The number of carbonyl (C=O) groups excluding carboxylic acids is 3. The predicted octanol–water partition coefficient (Wildman–Crippen LogP) is 5.63. The Labute approximate surface area is 250 Å². The summed E-state index contributed by atoms with van der Waals surface area (Å²) in [7, 11) is 1.39. The van der Waals surface area contributed by atoms with Crippen molar-refractivity contribution in [3.05, 3.63) is 47.7 Å². The van der Waals surface area contributed by atoms with Crippen molar-refractivity contribution in [3.63, 3.8) is 0 Å². The zero-order valence-corrected chi connectivity index (χ0v) is 26.0. The average molecular weight is 577 g/mol. The number of methoxy groups -OCH3 is 1. The summed E-state index contributed by atoms with van der Waals surface area (Å²) in [5.74, 6) is 1.15. The minimum atomic E-state index is -1.18. The molecule has 7 nitrogen and oxygen atoms in total. The smallest absolute Gasteiger partial charge is 0.320 e. The molecule has 1 aromatic carbocycles. The topological polar surface area (TPSA) is 84.9 Å². The van der Waals surface area contributed by atoms with Gasteiger partial charge in [0.2, 0.25) is 11.8 Å². The molecule has 0 spiro atoms. The van der Waals surface area contributed by atoms with E-state index in [0.29, 0.717) is 18.8 Å². The van der Waals surface area contributed by atoms with Gasteiger partial charge < -0.3 is 19.7 Å². The Kier molecular flexibility index (Phi) is 7.56. The highest BCUT2D eigenvalue weighted by Crippen LogP contribution is 2.60. The van der Waals surface area contributed by atoms with Crippen LogP contribution in [0.5, 0.6) is 0 Å². The van der Waals surface area contributed by atoms with Gasteiger partial charge in [-0.05, 0) is 92.1 Å². The van der Waals surface area contributed by atoms with Crippen LogP contribution < -0.4 is 5.32 Å². The standard InChI is InChI=1S/C35H48N2O5/c1-22-35(32(40)41-5)19-27(14-30(38)36-21-34-16-24-11-25(17-34)13-26(12-24)18-34)31(39)37(20-23-9-7-6-8-10-23)28(35)15-29(42-22)33(2,3)4/h6-10,15,22,24-27,29H,11-14,16-21H2,1-5H3,(H,36,38)/t22-,24?,25?,26?,27+,29-,34?,35+/m1/s1. The molecule has 1 saturated heterocycles. The number of rotatable bonds is 7. The SMILES string of the molecule is COC(=O)[C@]12C[C@H](CC(=O)NCC34CC5CC(CC(C5)C3)C4)C(=O)N(Cc3ccccc3)C1=C[C@H](C(C)(C)C)O[C@@H]2C. The number of amides is 2. The van der Waals surface area contributed by atoms with Gasteiger partial charge in [-0.25, -0.2) is 0 Å². The fraction of sp³-hybridized carbons (Fsp3) is 0.686. The van der Waals surface area contributed by atoms with Gasteiger partial charge in [-0.1, -0.05) is 51.1 Å². The Morgan fingerprint density at radius 2 is 1.64 bits per heavy atom. The summed E-state index contributed by atoms with van der Waals surface area (Å²) in [5, 5.41) is 3.27. The summed E-state index contributed by atoms with van der Waals surface area (Å²) < 4.78 is 11.9. The van der Waals surface area contributed by atoms with E-state index in [0.717, 1.165) is 23.3 Å². The number of carbonyl (C=O) groups is 3. The monoisotopic (exact) mass is 576 g/mol. The zero-order valence-electron chi connectivity index (χ0n) is 26.0. The maximum Gasteiger partial charge on any atom is 0.320 e. The normalized spacial score (nSPS) is 37.2. The summed E-state index contributed by atoms with van der Waals surface area (Å²) in [5.41, 5.74) is 0.413. The zero-order chi connectivity index (χ0) is 29.9. The van der Waals surface area contributed by atoms with E-state index < -0.39 is 23.4 Å². The van der Waals surface area contributed by atoms with E-state index in [9.17, 15) is 14.4 Å². The highest BCUT2D eigenvalue weighted by molar-refractivity contribution is 5.92. The molecule has 4 aliphatic carbocycles. The molecule has 2 heterocycles. The number of likely N-dealkylation sites (tertiary alicyclic amines) is 1. The molecule has 1 N–H and O–H groups in total. The molecule has 0 radical (unpaired) electrons. The number of hydrogen-bond acceptors (Lipinski definition) is 5. The Balaban J connectivity index is 1.28. The highest BCUT2D eigenvalue weighted by atomic mass is 16.5. The minimum Gasteiger partial charge on any atom is -0.468 e. The van der Waals surface area contributed by atoms with Crippen LogP contribution in [0.15, 0.2) is 42.1 Å². The van der Waals surface area contributed by atoms with Crippen molar-refractivity contribution in [2.24, 2.45) is 39.9 Å². The van der Waals surface area contributed by atoms with Crippen molar-refractivity contribution in [1.82, 2.24) is 10.2 Å². The summed E-state index contributed by atoms with van der Waals surface area (Å²) in [4.78, 5) is 43.3. The van der Waals surface area contributed by atoms with Crippen molar-refractivity contribution in [3.8, 4) is 0 Å². The second-order valence-electron chi connectivity index (χ2n) is 15.3. The molecule has 4 bridgehead atoms. The third-order valence-corrected chi connectivity index (χ3v) is 11.1. The van der Waals surface area contributed by atoms with E-state index in [2.05, 4.69) is 26.1 Å². The summed E-state index contributed by atoms with van der Waals surface area (Å²) in [6, 6.07) is 9.82. The lowest BCUT2D eigenvalue weighted by atomic mass is 9.49. The van der Waals surface area contributed by atoms with Crippen molar-refractivity contribution < 1.29 is 23.9 Å². The lowest BCUT2D eigenvalue weighted by molar-refractivity contribution is -0.180. The predicted molar refractivity (Wildman–Crippen MR) is 160 cm³/mol. The van der Waals surface area contributed by atoms with Crippen LogP contribution in [0.25, 0.3) is 0 Å². The molecule has 228 valence electrons. The van der Waals surface area contributed by atoms with Gasteiger partial charge in [-0.2, -0.15) is 0 Å². The number of benzene rings is 1. The molecule has 2 amide bonds. The van der Waals surface area contributed by atoms with Gasteiger partial charge >= 0.3 is 5.97 Å². The number of nitrogens with one attached hydrogen (secondary N) is 1. The molecule has 4 saturated carbocycles. The van der Waals surface area contributed by atoms with Crippen LogP contribution in [-0.2, 0) is 30.4 Å². The summed E-state index contributed by atoms with van der Waals surface area (Å²) >= 11 is 0. The summed E-state index contributed by atoms with van der Waals surface area (Å²) in [6.07, 6.45) is 9.14. The van der Waals surface area contributed by atoms with Crippen LogP contribution in [0.3, 0.4) is 0 Å². The molecule has 4 atom stereocenters. The van der Waals surface area contributed by atoms with Crippen molar-refractivity contribution >= 4 is 17.8 Å². The minimum absolute atomic E-state index is 0.0535. The molecule has 7 rings (SSSR count). The number of hydrogen-bond donors (Lipinski definition) is 1. The van der Waals surface area contributed by atoms with Crippen LogP contribution in [0.2, 0.25) is 0 Å². The molecular weight excluding hydrogens is 528 g/mol. The first-order valence-corrected chi connectivity index (χ1v) is 16.0. The van der Waals surface area contributed by atoms with Crippen molar-refractivity contribution in [2.45, 2.75) is 97.8 Å². The summed E-state index contributed by atoms with van der Waals surface area (Å²) in [6.45, 7) is 9.20. The maximum absolute atomic E-state index is 14.3. The van der Waals surface area contributed by atoms with E-state index in [1.165, 1.54) is 45.6 Å². The van der Waals surface area contributed by atoms with Crippen LogP contribution in [0, 0.1) is 39.9 Å². The Bertz CT molecular complexity index is 1210. The second kappa shape index (κ2) is 10.8. The third-order valence-electron chi connectivity index (χ3n) is 11.1. The van der Waals surface area contributed by atoms with Gasteiger partial charge in [0.1, 0.15) is 5.41 Å². The van der Waals surface area contributed by atoms with E-state index >= 15 is 0 Å². The van der Waals surface area contributed by atoms with E-state index in [1.54, 1.807) is 4.90 Å². The quantitative estimate of drug-likeness (QED) is 0.425. The van der Waals surface area contributed by atoms with Crippen molar-refractivity contribution in [2.75, 3.05) is 13.7 Å². The Hall–Kier alpha value is -2.67. The number of nitrogens with zero attached hydrogens (tertiary/aromatic N) is 1. The largest absolute Gasteiger partial charge is 0.468 e. The molecule has 2 aliphatic heterocycles. The molecular formula is C35H48N2O5. The molecule has 6 aliphatic rings. The van der Waals surface area contributed by atoms with E-state index in [4.69, 9.17) is 9.47 Å². The van der Waals surface area contributed by atoms with E-state index in [1.807, 2.05) is 43.3 Å². The Morgan fingerprint density at radius 3 is 2.21 bits per heavy atom. The van der Waals surface area contributed by atoms with Crippen molar-refractivity contribution in [1.29, 1.82) is 0 Å². The van der Waals surface area contributed by atoms with Gasteiger partial charge in [0.15, 0.2) is 0 Å². The molecule has 0 unspecified atom stereocenters. The molecule has 7 heteroatoms. The van der Waals surface area contributed by atoms with Crippen LogP contribution in [-0.4, -0.2) is 48.5 Å². The van der Waals surface area contributed by atoms with Gasteiger partial charge in [-0.3, -0.25) is 14.4 Å². The first kappa shape index (κ1) is 29.4. The molecule has 1 aromatic rings. The number of fused-ring (bicyclic) bond motifs is 1. The number of ether oxygens (including phenoxy) is 2. The molecule has 42 heavy (non-hydrogen) atoms. The molecule has 0 aromatic heterocycles. The fourth-order valence-electron chi connectivity index (χ4n) is 9.46.